The number of ether oxygens (including phenoxy) is 2. The number of benzene rings is 1. The second-order valence-corrected chi connectivity index (χ2v) is 6.65. The molecule has 0 spiro atoms. The van der Waals surface area contributed by atoms with Crippen LogP contribution >= 0.6 is 0 Å². The Bertz CT molecular complexity index is 751. The number of carbonyl (C=O) groups is 1. The Morgan fingerprint density at radius 2 is 1.96 bits per heavy atom. The van der Waals surface area contributed by atoms with Crippen molar-refractivity contribution in [3.05, 3.63) is 42.5 Å². The topological polar surface area (TPSA) is 76.8 Å². The van der Waals surface area contributed by atoms with Crippen LogP contribution in [0.2, 0.25) is 0 Å². The zero-order valence-corrected chi connectivity index (χ0v) is 15.2. The summed E-state index contributed by atoms with van der Waals surface area (Å²) in [7, 11) is 1.57. The van der Waals surface area contributed by atoms with Gasteiger partial charge in [0, 0.05) is 25.5 Å². The standard InChI is InChI=1S/C19H25N3O4/c1-15-20-9-12-22(15)14-19(24)7-10-21(11-8-19)18(23)13-26-17-6-4-3-5-16(17)25-2/h3-6,9,12,24H,7-8,10-11,13-14H2,1-2H3. The second-order valence-electron chi connectivity index (χ2n) is 6.65. The summed E-state index contributed by atoms with van der Waals surface area (Å²) >= 11 is 0. The molecule has 26 heavy (non-hydrogen) atoms. The molecule has 0 saturated carbocycles. The fourth-order valence-electron chi connectivity index (χ4n) is 3.19. The minimum Gasteiger partial charge on any atom is -0.493 e. The summed E-state index contributed by atoms with van der Waals surface area (Å²) in [6.07, 6.45) is 4.66. The predicted molar refractivity (Wildman–Crippen MR) is 96.2 cm³/mol. The maximum absolute atomic E-state index is 12.4. The number of hydrogen-bond acceptors (Lipinski definition) is 5. The van der Waals surface area contributed by atoms with Crippen LogP contribution in [0.5, 0.6) is 11.5 Å². The van der Waals surface area contributed by atoms with Gasteiger partial charge in [0.2, 0.25) is 0 Å². The van der Waals surface area contributed by atoms with E-state index in [0.717, 1.165) is 5.82 Å². The molecule has 1 N–H and O–H groups in total. The van der Waals surface area contributed by atoms with Gasteiger partial charge in [-0.05, 0) is 31.9 Å². The fraction of sp³-hybridized carbons (Fsp3) is 0.474. The van der Waals surface area contributed by atoms with Crippen LogP contribution in [0.3, 0.4) is 0 Å². The molecular weight excluding hydrogens is 334 g/mol. The average molecular weight is 359 g/mol. The van der Waals surface area contributed by atoms with E-state index in [2.05, 4.69) is 4.98 Å². The van der Waals surface area contributed by atoms with E-state index in [1.54, 1.807) is 30.3 Å². The van der Waals surface area contributed by atoms with Crippen molar-refractivity contribution >= 4 is 5.91 Å². The Morgan fingerprint density at radius 1 is 1.27 bits per heavy atom. The fourth-order valence-corrected chi connectivity index (χ4v) is 3.19. The van der Waals surface area contributed by atoms with Crippen LogP contribution in [0.25, 0.3) is 0 Å². The van der Waals surface area contributed by atoms with Gasteiger partial charge in [0.05, 0.1) is 19.3 Å². The highest BCUT2D eigenvalue weighted by Gasteiger charge is 2.34. The number of amides is 1. The van der Waals surface area contributed by atoms with Crippen molar-refractivity contribution in [2.24, 2.45) is 0 Å². The monoisotopic (exact) mass is 359 g/mol. The van der Waals surface area contributed by atoms with Gasteiger partial charge in [0.1, 0.15) is 5.82 Å². The van der Waals surface area contributed by atoms with Gasteiger partial charge in [-0.2, -0.15) is 0 Å². The molecule has 0 aliphatic carbocycles. The smallest absolute Gasteiger partial charge is 0.260 e. The van der Waals surface area contributed by atoms with Crippen molar-refractivity contribution in [1.29, 1.82) is 0 Å². The van der Waals surface area contributed by atoms with E-state index in [1.807, 2.05) is 29.8 Å². The van der Waals surface area contributed by atoms with Gasteiger partial charge in [-0.15, -0.1) is 0 Å². The van der Waals surface area contributed by atoms with Crippen molar-refractivity contribution in [3.63, 3.8) is 0 Å². The maximum Gasteiger partial charge on any atom is 0.260 e. The third-order valence-corrected chi connectivity index (χ3v) is 4.86. The quantitative estimate of drug-likeness (QED) is 0.848. The van der Waals surface area contributed by atoms with E-state index in [4.69, 9.17) is 9.47 Å². The first kappa shape index (κ1) is 18.3. The van der Waals surface area contributed by atoms with Crippen LogP contribution in [0.15, 0.2) is 36.7 Å². The normalized spacial score (nSPS) is 16.3. The lowest BCUT2D eigenvalue weighted by molar-refractivity contribution is -0.138. The first-order chi connectivity index (χ1) is 12.5. The van der Waals surface area contributed by atoms with Gasteiger partial charge < -0.3 is 24.0 Å². The lowest BCUT2D eigenvalue weighted by Crippen LogP contribution is -2.49. The molecule has 1 aromatic carbocycles. The molecule has 1 saturated heterocycles. The van der Waals surface area contributed by atoms with Crippen molar-refractivity contribution in [2.45, 2.75) is 31.9 Å². The Kier molecular flexibility index (Phi) is 5.46. The SMILES string of the molecule is COc1ccccc1OCC(=O)N1CCC(O)(Cn2ccnc2C)CC1. The van der Waals surface area contributed by atoms with Crippen LogP contribution < -0.4 is 9.47 Å². The molecular formula is C19H25N3O4. The third-order valence-electron chi connectivity index (χ3n) is 4.86. The number of aliphatic hydroxyl groups is 1. The molecule has 1 amide bonds. The number of imidazole rings is 1. The van der Waals surface area contributed by atoms with Crippen LogP contribution in [0.4, 0.5) is 0 Å². The van der Waals surface area contributed by atoms with Gasteiger partial charge >= 0.3 is 0 Å². The zero-order valence-electron chi connectivity index (χ0n) is 15.2. The van der Waals surface area contributed by atoms with Crippen LogP contribution in [0, 0.1) is 6.92 Å². The summed E-state index contributed by atoms with van der Waals surface area (Å²) in [5.74, 6) is 1.94. The van der Waals surface area contributed by atoms with Crippen LogP contribution in [-0.2, 0) is 11.3 Å². The summed E-state index contributed by atoms with van der Waals surface area (Å²) < 4.78 is 12.8. The highest BCUT2D eigenvalue weighted by atomic mass is 16.5. The predicted octanol–water partition coefficient (Wildman–Crippen LogP) is 1.63. The Hall–Kier alpha value is -2.54. The van der Waals surface area contributed by atoms with Crippen molar-refractivity contribution in [1.82, 2.24) is 14.5 Å². The first-order valence-electron chi connectivity index (χ1n) is 8.74. The molecule has 7 heteroatoms. The first-order valence-corrected chi connectivity index (χ1v) is 8.74. The minimum atomic E-state index is -0.814. The maximum atomic E-state index is 12.4. The summed E-state index contributed by atoms with van der Waals surface area (Å²) in [5.41, 5.74) is -0.814. The Labute approximate surface area is 153 Å². The van der Waals surface area contributed by atoms with Crippen LogP contribution in [-0.4, -0.2) is 57.9 Å². The van der Waals surface area contributed by atoms with Gasteiger partial charge in [0.25, 0.3) is 5.91 Å². The molecule has 1 aromatic heterocycles. The van der Waals surface area contributed by atoms with E-state index < -0.39 is 5.60 Å². The number of aryl methyl sites for hydroxylation is 1. The molecule has 0 unspecified atom stereocenters. The number of aromatic nitrogens is 2. The molecule has 1 fully saturated rings. The number of methoxy groups -OCH3 is 1. The molecule has 7 nitrogen and oxygen atoms in total. The van der Waals surface area contributed by atoms with E-state index in [1.165, 1.54) is 0 Å². The number of carbonyl (C=O) groups excluding carboxylic acids is 1. The number of rotatable bonds is 6. The van der Waals surface area contributed by atoms with E-state index in [9.17, 15) is 9.90 Å². The number of piperidine rings is 1. The molecule has 0 atom stereocenters. The summed E-state index contributed by atoms with van der Waals surface area (Å²) in [6, 6.07) is 7.25. The largest absolute Gasteiger partial charge is 0.493 e. The summed E-state index contributed by atoms with van der Waals surface area (Å²) in [4.78, 5) is 18.3. The zero-order chi connectivity index (χ0) is 18.6. The molecule has 2 heterocycles. The van der Waals surface area contributed by atoms with Crippen molar-refractivity contribution < 1.29 is 19.4 Å². The Balaban J connectivity index is 1.51. The lowest BCUT2D eigenvalue weighted by atomic mass is 9.91. The summed E-state index contributed by atoms with van der Waals surface area (Å²) in [6.45, 7) is 3.39. The van der Waals surface area contributed by atoms with Crippen molar-refractivity contribution in [2.75, 3.05) is 26.8 Å². The third kappa shape index (κ3) is 4.16. The average Bonchev–Trinajstić information content (AvgIpc) is 3.04. The molecule has 140 valence electrons. The number of nitrogens with zero attached hydrogens (tertiary/aromatic N) is 3. The highest BCUT2D eigenvalue weighted by molar-refractivity contribution is 5.78. The molecule has 1 aliphatic heterocycles. The molecule has 3 rings (SSSR count). The van der Waals surface area contributed by atoms with Gasteiger partial charge in [-0.25, -0.2) is 4.98 Å². The van der Waals surface area contributed by atoms with E-state index in [-0.39, 0.29) is 12.5 Å². The van der Waals surface area contributed by atoms with Crippen molar-refractivity contribution in [3.8, 4) is 11.5 Å². The summed E-state index contributed by atoms with van der Waals surface area (Å²) in [5, 5.41) is 10.8. The van der Waals surface area contributed by atoms with Gasteiger partial charge in [-0.3, -0.25) is 4.79 Å². The minimum absolute atomic E-state index is 0.0422. The number of hydrogen-bond donors (Lipinski definition) is 1. The van der Waals surface area contributed by atoms with E-state index >= 15 is 0 Å². The molecule has 1 aliphatic rings. The molecule has 2 aromatic rings. The second kappa shape index (κ2) is 7.78. The molecule has 0 bridgehead atoms. The van der Waals surface area contributed by atoms with E-state index in [0.29, 0.717) is 44.0 Å². The molecule has 0 radical (unpaired) electrons. The number of likely N-dealkylation sites (tertiary alicyclic amines) is 1. The Morgan fingerprint density at radius 3 is 2.58 bits per heavy atom. The van der Waals surface area contributed by atoms with Crippen LogP contribution in [0.1, 0.15) is 18.7 Å². The van der Waals surface area contributed by atoms with Gasteiger partial charge in [-0.1, -0.05) is 12.1 Å². The number of para-hydroxylation sites is 2. The highest BCUT2D eigenvalue weighted by Crippen LogP contribution is 2.27. The van der Waals surface area contributed by atoms with Gasteiger partial charge in [0.15, 0.2) is 18.1 Å². The lowest BCUT2D eigenvalue weighted by Gasteiger charge is -2.38.